The summed E-state index contributed by atoms with van der Waals surface area (Å²) in [6, 6.07) is 2.06. The van der Waals surface area contributed by atoms with Gasteiger partial charge in [0.1, 0.15) is 6.61 Å². The number of benzene rings is 1. The molecule has 1 atom stereocenters. The Morgan fingerprint density at radius 2 is 1.95 bits per heavy atom. The van der Waals surface area contributed by atoms with Crippen LogP contribution in [0.25, 0.3) is 0 Å². The average molecular weight is 358 g/mol. The Hall–Kier alpha value is -1.43. The molecule has 0 aliphatic carbocycles. The third-order valence-corrected chi connectivity index (χ3v) is 4.12. The van der Waals surface area contributed by atoms with Crippen molar-refractivity contribution in [1.29, 1.82) is 0 Å². The zero-order valence-corrected chi connectivity index (χ0v) is 14.3. The summed E-state index contributed by atoms with van der Waals surface area (Å²) in [7, 11) is 4.75. The van der Waals surface area contributed by atoms with Gasteiger partial charge >= 0.3 is 0 Å². The van der Waals surface area contributed by atoms with Crippen LogP contribution in [0.1, 0.15) is 25.3 Å². The molecule has 21 heavy (non-hydrogen) atoms. The molecule has 0 bridgehead atoms. The van der Waals surface area contributed by atoms with Crippen LogP contribution >= 0.6 is 15.9 Å². The van der Waals surface area contributed by atoms with Crippen LogP contribution in [0.4, 0.5) is 0 Å². The van der Waals surface area contributed by atoms with E-state index in [9.17, 15) is 0 Å². The van der Waals surface area contributed by atoms with E-state index in [1.165, 1.54) is 0 Å². The minimum Gasteiger partial charge on any atom is -0.493 e. The van der Waals surface area contributed by atoms with Crippen molar-refractivity contribution >= 4 is 21.8 Å². The van der Waals surface area contributed by atoms with Crippen molar-refractivity contribution in [1.82, 2.24) is 0 Å². The van der Waals surface area contributed by atoms with Crippen LogP contribution in [-0.4, -0.2) is 39.9 Å². The van der Waals surface area contributed by atoms with E-state index in [2.05, 4.69) is 27.8 Å². The molecular formula is C15H20BrNO4. The highest BCUT2D eigenvalue weighted by Gasteiger charge is 2.26. The first-order chi connectivity index (χ1) is 10.2. The van der Waals surface area contributed by atoms with Crippen LogP contribution in [0.5, 0.6) is 17.2 Å². The van der Waals surface area contributed by atoms with Gasteiger partial charge in [-0.1, -0.05) is 13.3 Å². The fourth-order valence-corrected chi connectivity index (χ4v) is 2.95. The monoisotopic (exact) mass is 357 g/mol. The van der Waals surface area contributed by atoms with E-state index in [-0.39, 0.29) is 6.04 Å². The molecule has 1 aliphatic rings. The molecule has 6 heteroatoms. The summed E-state index contributed by atoms with van der Waals surface area (Å²) in [6.07, 6.45) is 2.10. The van der Waals surface area contributed by atoms with E-state index in [0.29, 0.717) is 29.8 Å². The van der Waals surface area contributed by atoms with E-state index in [1.807, 2.05) is 6.07 Å². The van der Waals surface area contributed by atoms with Gasteiger partial charge in [0.25, 0.3) is 0 Å². The van der Waals surface area contributed by atoms with Gasteiger partial charge in [0.15, 0.2) is 11.5 Å². The second-order valence-corrected chi connectivity index (χ2v) is 5.49. The fraction of sp³-hybridized carbons (Fsp3) is 0.533. The van der Waals surface area contributed by atoms with Crippen LogP contribution in [-0.2, 0) is 4.74 Å². The maximum Gasteiger partial charge on any atom is 0.217 e. The fourth-order valence-electron chi connectivity index (χ4n) is 2.32. The van der Waals surface area contributed by atoms with Crippen LogP contribution in [0.15, 0.2) is 15.5 Å². The van der Waals surface area contributed by atoms with Gasteiger partial charge in [-0.3, -0.25) is 0 Å². The number of rotatable bonds is 6. The van der Waals surface area contributed by atoms with E-state index >= 15 is 0 Å². The summed E-state index contributed by atoms with van der Waals surface area (Å²) in [5.74, 6) is 2.30. The molecule has 0 saturated heterocycles. The first-order valence-electron chi connectivity index (χ1n) is 6.85. The molecule has 0 spiro atoms. The predicted octanol–water partition coefficient (Wildman–Crippen LogP) is 3.42. The molecule has 1 heterocycles. The molecule has 1 aromatic carbocycles. The Morgan fingerprint density at radius 1 is 1.24 bits per heavy atom. The second kappa shape index (κ2) is 7.02. The molecule has 116 valence electrons. The number of aliphatic imine (C=N–C) groups is 1. The number of hydrogen-bond acceptors (Lipinski definition) is 5. The number of methoxy groups -OCH3 is 3. The Labute approximate surface area is 133 Å². The molecule has 1 aromatic rings. The van der Waals surface area contributed by atoms with Gasteiger partial charge in [-0.15, -0.1) is 0 Å². The van der Waals surface area contributed by atoms with Crippen molar-refractivity contribution in [2.75, 3.05) is 27.9 Å². The van der Waals surface area contributed by atoms with Gasteiger partial charge in [-0.25, -0.2) is 4.99 Å². The molecule has 0 amide bonds. The third kappa shape index (κ3) is 3.10. The van der Waals surface area contributed by atoms with Crippen molar-refractivity contribution < 1.29 is 18.9 Å². The lowest BCUT2D eigenvalue weighted by Crippen LogP contribution is -2.06. The standard InChI is InChI=1S/C15H20BrNO4/c1-5-6-9-8-21-15(17-9)10-7-11(18-2)13(19-3)14(20-4)12(10)16/h7,9H,5-6,8H2,1-4H3/t9-/m0/s1. The number of ether oxygens (including phenoxy) is 4. The van der Waals surface area contributed by atoms with Crippen molar-refractivity contribution in [3.63, 3.8) is 0 Å². The van der Waals surface area contributed by atoms with E-state index in [1.54, 1.807) is 21.3 Å². The normalized spacial score (nSPS) is 17.2. The minimum atomic E-state index is 0.219. The van der Waals surface area contributed by atoms with Crippen LogP contribution in [0.3, 0.4) is 0 Å². The minimum absolute atomic E-state index is 0.219. The lowest BCUT2D eigenvalue weighted by atomic mass is 10.1. The Balaban J connectivity index is 2.47. The third-order valence-electron chi connectivity index (χ3n) is 3.33. The Bertz CT molecular complexity index is 545. The summed E-state index contributed by atoms with van der Waals surface area (Å²) in [6.45, 7) is 2.76. The van der Waals surface area contributed by atoms with Gasteiger partial charge in [0.2, 0.25) is 11.6 Å². The van der Waals surface area contributed by atoms with Gasteiger partial charge in [0, 0.05) is 0 Å². The van der Waals surface area contributed by atoms with E-state index < -0.39 is 0 Å². The van der Waals surface area contributed by atoms with Crippen LogP contribution in [0.2, 0.25) is 0 Å². The largest absolute Gasteiger partial charge is 0.493 e. The topological polar surface area (TPSA) is 49.3 Å². The lowest BCUT2D eigenvalue weighted by molar-refractivity contribution is 0.309. The van der Waals surface area contributed by atoms with Crippen molar-refractivity contribution in [2.24, 2.45) is 4.99 Å². The highest BCUT2D eigenvalue weighted by atomic mass is 79.9. The molecule has 0 unspecified atom stereocenters. The highest BCUT2D eigenvalue weighted by Crippen LogP contribution is 2.45. The maximum absolute atomic E-state index is 5.73. The lowest BCUT2D eigenvalue weighted by Gasteiger charge is -2.16. The van der Waals surface area contributed by atoms with Gasteiger partial charge in [0.05, 0.1) is 37.4 Å². The smallest absolute Gasteiger partial charge is 0.217 e. The number of nitrogens with zero attached hydrogens (tertiary/aromatic N) is 1. The molecule has 5 nitrogen and oxygen atoms in total. The molecule has 0 fully saturated rings. The molecule has 0 saturated carbocycles. The summed E-state index contributed by atoms with van der Waals surface area (Å²) in [4.78, 5) is 4.63. The molecule has 2 rings (SSSR count). The van der Waals surface area contributed by atoms with Crippen molar-refractivity contribution in [3.05, 3.63) is 16.1 Å². The number of halogens is 1. The molecule has 0 N–H and O–H groups in total. The molecule has 1 aliphatic heterocycles. The van der Waals surface area contributed by atoms with E-state index in [4.69, 9.17) is 18.9 Å². The summed E-state index contributed by atoms with van der Waals surface area (Å²) < 4.78 is 22.6. The molecular weight excluding hydrogens is 338 g/mol. The number of hydrogen-bond donors (Lipinski definition) is 0. The van der Waals surface area contributed by atoms with Gasteiger partial charge in [-0.05, 0) is 28.4 Å². The predicted molar refractivity (Wildman–Crippen MR) is 85.0 cm³/mol. The molecule has 0 radical (unpaired) electrons. The summed E-state index contributed by atoms with van der Waals surface area (Å²) in [5, 5.41) is 0. The second-order valence-electron chi connectivity index (χ2n) is 4.69. The SMILES string of the molecule is CCC[C@H]1COC(c2cc(OC)c(OC)c(OC)c2Br)=N1. The summed E-state index contributed by atoms with van der Waals surface area (Å²) >= 11 is 3.54. The Kier molecular flexibility index (Phi) is 5.33. The van der Waals surface area contributed by atoms with E-state index in [0.717, 1.165) is 22.9 Å². The van der Waals surface area contributed by atoms with Crippen molar-refractivity contribution in [3.8, 4) is 17.2 Å². The zero-order chi connectivity index (χ0) is 15.4. The highest BCUT2D eigenvalue weighted by molar-refractivity contribution is 9.10. The average Bonchev–Trinajstić information content (AvgIpc) is 2.95. The zero-order valence-electron chi connectivity index (χ0n) is 12.7. The first kappa shape index (κ1) is 15.9. The first-order valence-corrected chi connectivity index (χ1v) is 7.64. The van der Waals surface area contributed by atoms with Gasteiger partial charge in [-0.2, -0.15) is 0 Å². The van der Waals surface area contributed by atoms with Crippen molar-refractivity contribution in [2.45, 2.75) is 25.8 Å². The maximum atomic E-state index is 5.73. The molecule has 0 aromatic heterocycles. The van der Waals surface area contributed by atoms with Gasteiger partial charge < -0.3 is 18.9 Å². The Morgan fingerprint density at radius 3 is 2.52 bits per heavy atom. The summed E-state index contributed by atoms with van der Waals surface area (Å²) in [5.41, 5.74) is 0.808. The van der Waals surface area contributed by atoms with Crippen LogP contribution < -0.4 is 14.2 Å². The quantitative estimate of drug-likeness (QED) is 0.782. The van der Waals surface area contributed by atoms with Crippen LogP contribution in [0, 0.1) is 0 Å².